The molecule has 3 nitrogen and oxygen atoms in total. The van der Waals surface area contributed by atoms with Crippen molar-refractivity contribution in [3.63, 3.8) is 0 Å². The molecule has 1 aliphatic heterocycles. The third-order valence-corrected chi connectivity index (χ3v) is 3.36. The second kappa shape index (κ2) is 5.14. The smallest absolute Gasteiger partial charge is 0.146 e. The molecule has 0 spiro atoms. The van der Waals surface area contributed by atoms with Gasteiger partial charge in [-0.15, -0.1) is 0 Å². The molecule has 1 saturated heterocycles. The van der Waals surface area contributed by atoms with Gasteiger partial charge in [0.1, 0.15) is 11.9 Å². The molecule has 1 fully saturated rings. The van der Waals surface area contributed by atoms with Crippen molar-refractivity contribution in [1.82, 2.24) is 0 Å². The minimum atomic E-state index is -0.572. The highest BCUT2D eigenvalue weighted by molar-refractivity contribution is 9.10. The second-order valence-electron chi connectivity index (χ2n) is 3.87. The summed E-state index contributed by atoms with van der Waals surface area (Å²) in [6.07, 6.45) is 5.16. The minimum Gasteiger partial charge on any atom is -0.465 e. The summed E-state index contributed by atoms with van der Waals surface area (Å²) in [6, 6.07) is 1.79. The number of furan rings is 1. The molecular formula is C11H15BrO3. The van der Waals surface area contributed by atoms with Crippen LogP contribution in [0.25, 0.3) is 0 Å². The summed E-state index contributed by atoms with van der Waals surface area (Å²) in [4.78, 5) is 0. The fourth-order valence-corrected chi connectivity index (χ4v) is 2.36. The van der Waals surface area contributed by atoms with Crippen LogP contribution in [0.1, 0.15) is 37.5 Å². The summed E-state index contributed by atoms with van der Waals surface area (Å²) in [6.45, 7) is 0.816. The molecule has 0 amide bonds. The zero-order valence-electron chi connectivity index (χ0n) is 8.49. The van der Waals surface area contributed by atoms with Crippen LogP contribution in [-0.2, 0) is 4.74 Å². The van der Waals surface area contributed by atoms with Gasteiger partial charge in [0.15, 0.2) is 0 Å². The van der Waals surface area contributed by atoms with Gasteiger partial charge in [-0.1, -0.05) is 0 Å². The number of rotatable bonds is 3. The predicted molar refractivity (Wildman–Crippen MR) is 59.6 cm³/mol. The van der Waals surface area contributed by atoms with Crippen molar-refractivity contribution in [2.75, 3.05) is 6.61 Å². The van der Waals surface area contributed by atoms with Crippen molar-refractivity contribution in [2.45, 2.75) is 37.9 Å². The molecule has 0 saturated carbocycles. The van der Waals surface area contributed by atoms with Gasteiger partial charge in [-0.05, 0) is 41.3 Å². The summed E-state index contributed by atoms with van der Waals surface area (Å²) >= 11 is 3.34. The molecule has 15 heavy (non-hydrogen) atoms. The largest absolute Gasteiger partial charge is 0.465 e. The van der Waals surface area contributed by atoms with Gasteiger partial charge in [0.25, 0.3) is 0 Å². The third-order valence-electron chi connectivity index (χ3n) is 2.71. The van der Waals surface area contributed by atoms with Gasteiger partial charge in [-0.3, -0.25) is 0 Å². The highest BCUT2D eigenvalue weighted by atomic mass is 79.9. The summed E-state index contributed by atoms with van der Waals surface area (Å²) in [5, 5.41) is 9.94. The van der Waals surface area contributed by atoms with Crippen molar-refractivity contribution < 1.29 is 14.3 Å². The van der Waals surface area contributed by atoms with E-state index < -0.39 is 6.10 Å². The minimum absolute atomic E-state index is 0.172. The first-order valence-corrected chi connectivity index (χ1v) is 6.09. The van der Waals surface area contributed by atoms with E-state index in [0.717, 1.165) is 23.9 Å². The van der Waals surface area contributed by atoms with Gasteiger partial charge in [0, 0.05) is 13.0 Å². The quantitative estimate of drug-likeness (QED) is 0.922. The van der Waals surface area contributed by atoms with Gasteiger partial charge in [0.05, 0.1) is 16.8 Å². The van der Waals surface area contributed by atoms with Crippen LogP contribution in [0.3, 0.4) is 0 Å². The van der Waals surface area contributed by atoms with E-state index in [0.29, 0.717) is 12.2 Å². The molecule has 0 aliphatic carbocycles. The van der Waals surface area contributed by atoms with Crippen LogP contribution in [0.15, 0.2) is 21.2 Å². The van der Waals surface area contributed by atoms with Crippen LogP contribution in [-0.4, -0.2) is 17.8 Å². The molecule has 1 aromatic heterocycles. The van der Waals surface area contributed by atoms with Crippen LogP contribution in [0.4, 0.5) is 0 Å². The lowest BCUT2D eigenvalue weighted by atomic mass is 10.0. The Morgan fingerprint density at radius 1 is 1.53 bits per heavy atom. The van der Waals surface area contributed by atoms with Gasteiger partial charge in [0.2, 0.25) is 0 Å². The van der Waals surface area contributed by atoms with E-state index in [-0.39, 0.29) is 6.10 Å². The third kappa shape index (κ3) is 2.83. The van der Waals surface area contributed by atoms with E-state index in [9.17, 15) is 5.11 Å². The summed E-state index contributed by atoms with van der Waals surface area (Å²) < 4.78 is 11.6. The van der Waals surface area contributed by atoms with Crippen molar-refractivity contribution >= 4 is 15.9 Å². The standard InChI is InChI=1S/C11H15BrO3/c12-9-4-6-15-11(9)10(13)7-8-3-1-2-5-14-8/h4,6,8,10,13H,1-3,5,7H2. The molecule has 0 bridgehead atoms. The molecular weight excluding hydrogens is 260 g/mol. The molecule has 2 heterocycles. The Hall–Kier alpha value is -0.320. The number of ether oxygens (including phenoxy) is 1. The number of halogens is 1. The van der Waals surface area contributed by atoms with Gasteiger partial charge in [-0.2, -0.15) is 0 Å². The van der Waals surface area contributed by atoms with Gasteiger partial charge >= 0.3 is 0 Å². The maximum Gasteiger partial charge on any atom is 0.146 e. The number of hydrogen-bond donors (Lipinski definition) is 1. The fraction of sp³-hybridized carbons (Fsp3) is 0.636. The normalized spacial score (nSPS) is 24.0. The maximum atomic E-state index is 9.94. The van der Waals surface area contributed by atoms with Crippen molar-refractivity contribution in [3.8, 4) is 0 Å². The molecule has 0 radical (unpaired) electrons. The number of hydrogen-bond acceptors (Lipinski definition) is 3. The van der Waals surface area contributed by atoms with E-state index in [2.05, 4.69) is 15.9 Å². The Kier molecular flexibility index (Phi) is 3.83. The van der Waals surface area contributed by atoms with Crippen LogP contribution in [0.5, 0.6) is 0 Å². The topological polar surface area (TPSA) is 42.6 Å². The van der Waals surface area contributed by atoms with Gasteiger partial charge < -0.3 is 14.3 Å². The molecule has 84 valence electrons. The lowest BCUT2D eigenvalue weighted by molar-refractivity contribution is -0.0196. The molecule has 2 rings (SSSR count). The molecule has 2 atom stereocenters. The lowest BCUT2D eigenvalue weighted by Crippen LogP contribution is -2.21. The SMILES string of the molecule is OC(CC1CCCCO1)c1occc1Br. The van der Waals surface area contributed by atoms with Crippen molar-refractivity contribution in [1.29, 1.82) is 0 Å². The van der Waals surface area contributed by atoms with E-state index in [1.54, 1.807) is 12.3 Å². The summed E-state index contributed by atoms with van der Waals surface area (Å²) in [5.74, 6) is 0.601. The van der Waals surface area contributed by atoms with E-state index in [4.69, 9.17) is 9.15 Å². The molecule has 0 aromatic carbocycles. The molecule has 1 N–H and O–H groups in total. The van der Waals surface area contributed by atoms with Crippen LogP contribution < -0.4 is 0 Å². The molecule has 2 unspecified atom stereocenters. The Morgan fingerprint density at radius 2 is 2.40 bits per heavy atom. The molecule has 4 heteroatoms. The first-order chi connectivity index (χ1) is 7.27. The highest BCUT2D eigenvalue weighted by Gasteiger charge is 2.22. The Labute approximate surface area is 97.5 Å². The fourth-order valence-electron chi connectivity index (χ4n) is 1.89. The average molecular weight is 275 g/mol. The summed E-state index contributed by atoms with van der Waals surface area (Å²) in [7, 11) is 0. The number of aliphatic hydroxyl groups is 1. The first kappa shape index (κ1) is 11.2. The van der Waals surface area contributed by atoms with E-state index in [1.165, 1.54) is 6.42 Å². The Morgan fingerprint density at radius 3 is 3.00 bits per heavy atom. The highest BCUT2D eigenvalue weighted by Crippen LogP contribution is 2.30. The Bertz CT molecular complexity index is 305. The number of aliphatic hydroxyl groups excluding tert-OH is 1. The molecule has 1 aliphatic rings. The molecule has 1 aromatic rings. The van der Waals surface area contributed by atoms with E-state index >= 15 is 0 Å². The van der Waals surface area contributed by atoms with Gasteiger partial charge in [-0.25, -0.2) is 0 Å². The van der Waals surface area contributed by atoms with Crippen molar-refractivity contribution in [3.05, 3.63) is 22.6 Å². The predicted octanol–water partition coefficient (Wildman–Crippen LogP) is 3.03. The maximum absolute atomic E-state index is 9.94. The van der Waals surface area contributed by atoms with Crippen LogP contribution in [0, 0.1) is 0 Å². The zero-order chi connectivity index (χ0) is 10.7. The van der Waals surface area contributed by atoms with Crippen LogP contribution >= 0.6 is 15.9 Å². The summed E-state index contributed by atoms with van der Waals surface area (Å²) in [5.41, 5.74) is 0. The lowest BCUT2D eigenvalue weighted by Gasteiger charge is -2.24. The van der Waals surface area contributed by atoms with E-state index in [1.807, 2.05) is 0 Å². The van der Waals surface area contributed by atoms with Crippen LogP contribution in [0.2, 0.25) is 0 Å². The first-order valence-electron chi connectivity index (χ1n) is 5.30. The second-order valence-corrected chi connectivity index (χ2v) is 4.73. The monoisotopic (exact) mass is 274 g/mol. The average Bonchev–Trinajstić information content (AvgIpc) is 2.66. The Balaban J connectivity index is 1.91. The zero-order valence-corrected chi connectivity index (χ0v) is 10.1. The van der Waals surface area contributed by atoms with Crippen molar-refractivity contribution in [2.24, 2.45) is 0 Å².